The molecule has 0 saturated heterocycles. The molecule has 1 aromatic rings. The van der Waals surface area contributed by atoms with Crippen molar-refractivity contribution in [1.29, 1.82) is 0 Å². The second kappa shape index (κ2) is 4.54. The molecule has 2 atom stereocenters. The molecule has 0 radical (unpaired) electrons. The van der Waals surface area contributed by atoms with Crippen molar-refractivity contribution in [3.63, 3.8) is 0 Å². The molecule has 1 aromatic carbocycles. The van der Waals surface area contributed by atoms with E-state index in [1.807, 2.05) is 25.1 Å². The Labute approximate surface area is 98.4 Å². The zero-order valence-corrected chi connectivity index (χ0v) is 10.3. The summed E-state index contributed by atoms with van der Waals surface area (Å²) in [6, 6.07) is 5.97. The molecule has 2 rings (SSSR count). The third-order valence-corrected chi connectivity index (χ3v) is 3.34. The molecule has 0 heterocycles. The highest BCUT2D eigenvalue weighted by Crippen LogP contribution is 2.28. The molecule has 0 bridgehead atoms. The van der Waals surface area contributed by atoms with Crippen molar-refractivity contribution in [1.82, 2.24) is 0 Å². The fourth-order valence-electron chi connectivity index (χ4n) is 1.91. The minimum absolute atomic E-state index is 0.0296. The predicted octanol–water partition coefficient (Wildman–Crippen LogP) is 3.05. The van der Waals surface area contributed by atoms with Crippen LogP contribution in [0.15, 0.2) is 22.7 Å². The lowest BCUT2D eigenvalue weighted by atomic mass is 10.2. The van der Waals surface area contributed by atoms with Crippen molar-refractivity contribution in [3.8, 4) is 5.75 Å². The van der Waals surface area contributed by atoms with E-state index in [9.17, 15) is 5.11 Å². The Kier molecular flexibility index (Phi) is 3.32. The number of ether oxygens (including phenoxy) is 1. The number of aliphatic hydroxyl groups excluding tert-OH is 1. The number of hydrogen-bond acceptors (Lipinski definition) is 2. The van der Waals surface area contributed by atoms with E-state index in [0.717, 1.165) is 35.0 Å². The van der Waals surface area contributed by atoms with Crippen molar-refractivity contribution >= 4 is 15.9 Å². The second-order valence-corrected chi connectivity index (χ2v) is 4.98. The molecule has 82 valence electrons. The van der Waals surface area contributed by atoms with Gasteiger partial charge in [0.1, 0.15) is 11.9 Å². The largest absolute Gasteiger partial charge is 0.487 e. The van der Waals surface area contributed by atoms with E-state index in [4.69, 9.17) is 4.74 Å². The zero-order chi connectivity index (χ0) is 10.8. The molecule has 1 saturated carbocycles. The van der Waals surface area contributed by atoms with Crippen molar-refractivity contribution < 1.29 is 9.84 Å². The molecule has 15 heavy (non-hydrogen) atoms. The lowest BCUT2D eigenvalue weighted by Crippen LogP contribution is -2.25. The summed E-state index contributed by atoms with van der Waals surface area (Å²) in [4.78, 5) is 0. The highest BCUT2D eigenvalue weighted by atomic mass is 79.9. The summed E-state index contributed by atoms with van der Waals surface area (Å²) in [5, 5.41) is 9.67. The van der Waals surface area contributed by atoms with E-state index in [0.29, 0.717) is 0 Å². The molecule has 0 unspecified atom stereocenters. The Morgan fingerprint density at radius 2 is 2.20 bits per heavy atom. The van der Waals surface area contributed by atoms with Crippen LogP contribution in [0.1, 0.15) is 24.8 Å². The Morgan fingerprint density at radius 3 is 2.87 bits per heavy atom. The molecule has 0 amide bonds. The summed E-state index contributed by atoms with van der Waals surface area (Å²) in [6.07, 6.45) is 2.53. The van der Waals surface area contributed by atoms with E-state index in [2.05, 4.69) is 15.9 Å². The van der Waals surface area contributed by atoms with Crippen molar-refractivity contribution in [2.45, 2.75) is 38.4 Å². The summed E-state index contributed by atoms with van der Waals surface area (Å²) < 4.78 is 6.83. The monoisotopic (exact) mass is 270 g/mol. The number of hydrogen-bond donors (Lipinski definition) is 1. The van der Waals surface area contributed by atoms with Gasteiger partial charge in [-0.3, -0.25) is 0 Å². The average Bonchev–Trinajstić information content (AvgIpc) is 2.58. The van der Waals surface area contributed by atoms with Crippen LogP contribution in [0.2, 0.25) is 0 Å². The minimum atomic E-state index is -0.302. The van der Waals surface area contributed by atoms with Gasteiger partial charge in [-0.2, -0.15) is 0 Å². The highest BCUT2D eigenvalue weighted by molar-refractivity contribution is 9.10. The molecule has 1 N–H and O–H groups in total. The molecule has 0 spiro atoms. The number of aliphatic hydroxyl groups is 1. The maximum atomic E-state index is 9.67. The van der Waals surface area contributed by atoms with E-state index in [-0.39, 0.29) is 12.2 Å². The standard InChI is InChI=1S/C12H15BrO2/c1-8-5-6-9(13)7-12(8)15-11-4-2-3-10(11)14/h5-7,10-11,14H,2-4H2,1H3/t10-,11-/m1/s1. The maximum Gasteiger partial charge on any atom is 0.124 e. The summed E-state index contributed by atoms with van der Waals surface area (Å²) in [7, 11) is 0. The molecule has 0 aliphatic heterocycles. The first-order valence-electron chi connectivity index (χ1n) is 5.27. The third kappa shape index (κ3) is 2.52. The number of rotatable bonds is 2. The van der Waals surface area contributed by atoms with Crippen LogP contribution >= 0.6 is 15.9 Å². The Balaban J connectivity index is 2.12. The van der Waals surface area contributed by atoms with Gasteiger partial charge in [0.15, 0.2) is 0 Å². The maximum absolute atomic E-state index is 9.67. The minimum Gasteiger partial charge on any atom is -0.487 e. The van der Waals surface area contributed by atoms with Crippen LogP contribution in [-0.2, 0) is 0 Å². The fourth-order valence-corrected chi connectivity index (χ4v) is 2.25. The third-order valence-electron chi connectivity index (χ3n) is 2.85. The zero-order valence-electron chi connectivity index (χ0n) is 8.74. The van der Waals surface area contributed by atoms with E-state index >= 15 is 0 Å². The lowest BCUT2D eigenvalue weighted by molar-refractivity contribution is 0.0599. The molecule has 1 fully saturated rings. The van der Waals surface area contributed by atoms with Gasteiger partial charge in [0, 0.05) is 4.47 Å². The van der Waals surface area contributed by atoms with Crippen LogP contribution in [0.4, 0.5) is 0 Å². The second-order valence-electron chi connectivity index (χ2n) is 4.06. The van der Waals surface area contributed by atoms with Gasteiger partial charge >= 0.3 is 0 Å². The Hall–Kier alpha value is -0.540. The predicted molar refractivity (Wildman–Crippen MR) is 63.2 cm³/mol. The SMILES string of the molecule is Cc1ccc(Br)cc1O[C@@H]1CCC[C@H]1O. The van der Waals surface area contributed by atoms with Crippen molar-refractivity contribution in [2.75, 3.05) is 0 Å². The van der Waals surface area contributed by atoms with Gasteiger partial charge < -0.3 is 9.84 Å². The molecular formula is C12H15BrO2. The molecule has 1 aliphatic carbocycles. The first-order chi connectivity index (χ1) is 7.16. The smallest absolute Gasteiger partial charge is 0.124 e. The van der Waals surface area contributed by atoms with Gasteiger partial charge in [-0.1, -0.05) is 22.0 Å². The first kappa shape index (κ1) is 11.0. The fraction of sp³-hybridized carbons (Fsp3) is 0.500. The number of halogens is 1. The Morgan fingerprint density at radius 1 is 1.40 bits per heavy atom. The van der Waals surface area contributed by atoms with Crippen LogP contribution in [0.5, 0.6) is 5.75 Å². The first-order valence-corrected chi connectivity index (χ1v) is 6.07. The van der Waals surface area contributed by atoms with Crippen molar-refractivity contribution in [3.05, 3.63) is 28.2 Å². The number of aryl methyl sites for hydroxylation is 1. The number of benzene rings is 1. The molecular weight excluding hydrogens is 256 g/mol. The van der Waals surface area contributed by atoms with E-state index in [1.54, 1.807) is 0 Å². The summed E-state index contributed by atoms with van der Waals surface area (Å²) in [6.45, 7) is 2.02. The van der Waals surface area contributed by atoms with Gasteiger partial charge in [0.2, 0.25) is 0 Å². The lowest BCUT2D eigenvalue weighted by Gasteiger charge is -2.18. The van der Waals surface area contributed by atoms with Gasteiger partial charge in [-0.05, 0) is 43.9 Å². The van der Waals surface area contributed by atoms with Crippen LogP contribution in [-0.4, -0.2) is 17.3 Å². The molecule has 3 heteroatoms. The Bertz CT molecular complexity index is 351. The van der Waals surface area contributed by atoms with Gasteiger partial charge in [0.25, 0.3) is 0 Å². The molecule has 1 aliphatic rings. The summed E-state index contributed by atoms with van der Waals surface area (Å²) in [5.74, 6) is 0.871. The van der Waals surface area contributed by atoms with Crippen molar-refractivity contribution in [2.24, 2.45) is 0 Å². The van der Waals surface area contributed by atoms with Crippen LogP contribution < -0.4 is 4.74 Å². The average molecular weight is 271 g/mol. The summed E-state index contributed by atoms with van der Waals surface area (Å²) >= 11 is 3.42. The van der Waals surface area contributed by atoms with Crippen LogP contribution in [0.25, 0.3) is 0 Å². The van der Waals surface area contributed by atoms with Crippen LogP contribution in [0.3, 0.4) is 0 Å². The van der Waals surface area contributed by atoms with Gasteiger partial charge in [0.05, 0.1) is 6.10 Å². The van der Waals surface area contributed by atoms with Gasteiger partial charge in [-0.15, -0.1) is 0 Å². The van der Waals surface area contributed by atoms with Crippen LogP contribution in [0, 0.1) is 6.92 Å². The summed E-state index contributed by atoms with van der Waals surface area (Å²) in [5.41, 5.74) is 1.11. The van der Waals surface area contributed by atoms with Gasteiger partial charge in [-0.25, -0.2) is 0 Å². The molecule has 0 aromatic heterocycles. The highest BCUT2D eigenvalue weighted by Gasteiger charge is 2.27. The van der Waals surface area contributed by atoms with E-state index in [1.165, 1.54) is 0 Å². The normalized spacial score (nSPS) is 25.5. The quantitative estimate of drug-likeness (QED) is 0.895. The topological polar surface area (TPSA) is 29.5 Å². The molecule has 2 nitrogen and oxygen atoms in total. The van der Waals surface area contributed by atoms with E-state index < -0.39 is 0 Å².